The third kappa shape index (κ3) is 3.33. The average molecular weight is 354 g/mol. The third-order valence-electron chi connectivity index (χ3n) is 6.29. The Balaban J connectivity index is 1.33. The molecule has 1 heterocycles. The number of aliphatic hydroxyl groups is 1. The van der Waals surface area contributed by atoms with Gasteiger partial charge in [-0.3, -0.25) is 4.79 Å². The zero-order chi connectivity index (χ0) is 18.3. The molecule has 1 saturated heterocycles. The van der Waals surface area contributed by atoms with Gasteiger partial charge in [0, 0.05) is 31.6 Å². The number of carbonyl (C=O) groups excluding carboxylic acids is 1. The Morgan fingerprint density at radius 1 is 1.23 bits per heavy atom. The summed E-state index contributed by atoms with van der Waals surface area (Å²) >= 11 is 0. The van der Waals surface area contributed by atoms with Gasteiger partial charge in [0.2, 0.25) is 0 Å². The summed E-state index contributed by atoms with van der Waals surface area (Å²) in [5, 5.41) is 14.4. The van der Waals surface area contributed by atoms with Crippen LogP contribution in [0.5, 0.6) is 0 Å². The van der Waals surface area contributed by atoms with Crippen LogP contribution in [0.4, 0.5) is 0 Å². The number of benzene rings is 1. The first-order valence-corrected chi connectivity index (χ1v) is 9.94. The summed E-state index contributed by atoms with van der Waals surface area (Å²) in [5.41, 5.74) is 0.746. The second kappa shape index (κ2) is 6.82. The maximum Gasteiger partial charge on any atom is 0.257 e. The van der Waals surface area contributed by atoms with E-state index in [1.54, 1.807) is 0 Å². The van der Waals surface area contributed by atoms with Gasteiger partial charge in [0.25, 0.3) is 5.91 Å². The molecule has 0 bridgehead atoms. The number of nitrogens with zero attached hydrogens (tertiary/aromatic N) is 1. The normalized spacial score (nSPS) is 29.6. The number of piperidine rings is 1. The highest BCUT2D eigenvalue weighted by molar-refractivity contribution is 5.87. The van der Waals surface area contributed by atoms with Gasteiger partial charge < -0.3 is 15.3 Å². The van der Waals surface area contributed by atoms with Crippen molar-refractivity contribution in [3.8, 4) is 0 Å². The average Bonchev–Trinajstić information content (AvgIpc) is 3.54. The molecule has 1 aromatic carbocycles. The van der Waals surface area contributed by atoms with Crippen molar-refractivity contribution in [2.75, 3.05) is 19.6 Å². The van der Waals surface area contributed by atoms with E-state index in [0.717, 1.165) is 44.5 Å². The molecule has 3 fully saturated rings. The number of amides is 1. The fourth-order valence-electron chi connectivity index (χ4n) is 4.55. The van der Waals surface area contributed by atoms with E-state index in [2.05, 4.69) is 30.1 Å². The molecule has 26 heavy (non-hydrogen) atoms. The van der Waals surface area contributed by atoms with E-state index in [9.17, 15) is 9.90 Å². The predicted molar refractivity (Wildman–Crippen MR) is 102 cm³/mol. The number of carbonyl (C=O) groups is 1. The molecule has 4 rings (SSSR count). The summed E-state index contributed by atoms with van der Waals surface area (Å²) in [7, 11) is 0. The van der Waals surface area contributed by atoms with Crippen LogP contribution in [0.25, 0.3) is 0 Å². The van der Waals surface area contributed by atoms with E-state index in [-0.39, 0.29) is 17.9 Å². The number of hydrogen-bond acceptors (Lipinski definition) is 3. The molecule has 2 N–H and O–H groups in total. The van der Waals surface area contributed by atoms with Crippen LogP contribution in [0, 0.1) is 17.8 Å². The van der Waals surface area contributed by atoms with Gasteiger partial charge in [0.1, 0.15) is 0 Å². The van der Waals surface area contributed by atoms with Crippen LogP contribution in [0.2, 0.25) is 0 Å². The van der Waals surface area contributed by atoms with Crippen LogP contribution in [0.15, 0.2) is 42.0 Å². The summed E-state index contributed by atoms with van der Waals surface area (Å²) in [6.07, 6.45) is 5.25. The van der Waals surface area contributed by atoms with Crippen molar-refractivity contribution in [2.24, 2.45) is 17.8 Å². The molecule has 1 aromatic rings. The highest BCUT2D eigenvalue weighted by Gasteiger charge is 2.59. The van der Waals surface area contributed by atoms with Crippen molar-refractivity contribution in [3.05, 3.63) is 47.5 Å². The largest absolute Gasteiger partial charge is 0.375 e. The predicted octanol–water partition coefficient (Wildman–Crippen LogP) is 2.69. The first-order valence-electron chi connectivity index (χ1n) is 9.94. The maximum absolute atomic E-state index is 13.0. The smallest absolute Gasteiger partial charge is 0.257 e. The zero-order valence-corrected chi connectivity index (χ0v) is 15.8. The van der Waals surface area contributed by atoms with Crippen molar-refractivity contribution >= 4 is 5.91 Å². The van der Waals surface area contributed by atoms with E-state index in [0.29, 0.717) is 11.8 Å². The van der Waals surface area contributed by atoms with Gasteiger partial charge in [0.05, 0.1) is 0 Å². The minimum absolute atomic E-state index is 0.0593. The molecule has 1 amide bonds. The summed E-state index contributed by atoms with van der Waals surface area (Å²) in [5.74, 6) is 0.987. The molecule has 1 aliphatic heterocycles. The maximum atomic E-state index is 13.0. The van der Waals surface area contributed by atoms with Crippen molar-refractivity contribution in [1.82, 2.24) is 10.2 Å². The highest BCUT2D eigenvalue weighted by atomic mass is 16.3. The first-order chi connectivity index (χ1) is 12.5. The number of hydrogen-bond donors (Lipinski definition) is 2. The minimum atomic E-state index is -1.36. The molecule has 2 aliphatic carbocycles. The van der Waals surface area contributed by atoms with Crippen molar-refractivity contribution < 1.29 is 9.90 Å². The monoisotopic (exact) mass is 354 g/mol. The Bertz CT molecular complexity index is 681. The van der Waals surface area contributed by atoms with E-state index >= 15 is 0 Å². The second-order valence-electron chi connectivity index (χ2n) is 8.56. The highest BCUT2D eigenvalue weighted by Crippen LogP contribution is 2.49. The lowest BCUT2D eigenvalue weighted by molar-refractivity contribution is -0.143. The first kappa shape index (κ1) is 17.7. The van der Waals surface area contributed by atoms with Crippen LogP contribution >= 0.6 is 0 Å². The van der Waals surface area contributed by atoms with Gasteiger partial charge in [-0.1, -0.05) is 42.0 Å². The Hall–Kier alpha value is -1.65. The number of fused-ring (bicyclic) bond motifs is 1. The molecule has 3 aliphatic rings. The van der Waals surface area contributed by atoms with Gasteiger partial charge >= 0.3 is 0 Å². The Morgan fingerprint density at radius 3 is 2.46 bits per heavy atom. The number of rotatable bonds is 7. The molecule has 4 nitrogen and oxygen atoms in total. The third-order valence-corrected chi connectivity index (χ3v) is 6.29. The molecule has 2 saturated carbocycles. The van der Waals surface area contributed by atoms with Crippen LogP contribution in [-0.4, -0.2) is 41.6 Å². The number of allylic oxidation sites excluding steroid dienone is 1. The fraction of sp³-hybridized carbons (Fsp3) is 0.591. The van der Waals surface area contributed by atoms with Gasteiger partial charge in [-0.2, -0.15) is 0 Å². The molecule has 0 spiro atoms. The molecule has 140 valence electrons. The fourth-order valence-corrected chi connectivity index (χ4v) is 4.55. The van der Waals surface area contributed by atoms with Crippen molar-refractivity contribution in [1.29, 1.82) is 0 Å². The molecular formula is C22H30N2O2. The molecule has 0 aromatic heterocycles. The molecular weight excluding hydrogens is 324 g/mol. The van der Waals surface area contributed by atoms with E-state index in [4.69, 9.17) is 0 Å². The quantitative estimate of drug-likeness (QED) is 0.740. The number of likely N-dealkylation sites (tertiary alicyclic amines) is 1. The van der Waals surface area contributed by atoms with E-state index < -0.39 is 5.60 Å². The van der Waals surface area contributed by atoms with E-state index in [1.807, 2.05) is 30.3 Å². The SMILES string of the molecule is CC(C)=CCCN1C[C@@H]2C(NC(=O)C(O)(c3ccccc3)C3CC3)[C@@H]2C1. The summed E-state index contributed by atoms with van der Waals surface area (Å²) in [6.45, 7) is 7.52. The summed E-state index contributed by atoms with van der Waals surface area (Å²) < 4.78 is 0. The Morgan fingerprint density at radius 2 is 1.88 bits per heavy atom. The topological polar surface area (TPSA) is 52.6 Å². The molecule has 0 radical (unpaired) electrons. The zero-order valence-electron chi connectivity index (χ0n) is 15.8. The van der Waals surface area contributed by atoms with Gasteiger partial charge in [-0.25, -0.2) is 0 Å². The Kier molecular flexibility index (Phi) is 4.66. The standard InChI is InChI=1S/C22H30N2O2/c1-15(2)7-6-12-24-13-18-19(14-24)20(18)23-21(25)22(26,17-10-11-17)16-8-4-3-5-9-16/h3-5,7-9,17-20,26H,6,10-14H2,1-2H3,(H,23,25)/t18-,19+,20?,22?. The van der Waals surface area contributed by atoms with Crippen LogP contribution < -0.4 is 5.32 Å². The lowest BCUT2D eigenvalue weighted by atomic mass is 9.87. The van der Waals surface area contributed by atoms with Crippen LogP contribution in [0.3, 0.4) is 0 Å². The van der Waals surface area contributed by atoms with E-state index in [1.165, 1.54) is 5.57 Å². The minimum Gasteiger partial charge on any atom is -0.375 e. The van der Waals surface area contributed by atoms with Crippen LogP contribution in [0.1, 0.15) is 38.7 Å². The van der Waals surface area contributed by atoms with Crippen LogP contribution in [-0.2, 0) is 10.4 Å². The lowest BCUT2D eigenvalue weighted by Crippen LogP contribution is -2.48. The van der Waals surface area contributed by atoms with Gasteiger partial charge in [-0.05, 0) is 50.5 Å². The molecule has 4 atom stereocenters. The second-order valence-corrected chi connectivity index (χ2v) is 8.56. The van der Waals surface area contributed by atoms with Crippen molar-refractivity contribution in [2.45, 2.75) is 44.8 Å². The van der Waals surface area contributed by atoms with Crippen molar-refractivity contribution in [3.63, 3.8) is 0 Å². The van der Waals surface area contributed by atoms with Gasteiger partial charge in [-0.15, -0.1) is 0 Å². The van der Waals surface area contributed by atoms with Gasteiger partial charge in [0.15, 0.2) is 5.60 Å². The Labute approximate surface area is 156 Å². The molecule has 2 unspecified atom stereocenters. The summed E-state index contributed by atoms with van der Waals surface area (Å²) in [4.78, 5) is 15.5. The number of nitrogens with one attached hydrogen (secondary N) is 1. The molecule has 4 heteroatoms. The summed E-state index contributed by atoms with van der Waals surface area (Å²) in [6, 6.07) is 9.70. The lowest BCUT2D eigenvalue weighted by Gasteiger charge is -2.28.